The van der Waals surface area contributed by atoms with E-state index in [-0.39, 0.29) is 19.1 Å². The summed E-state index contributed by atoms with van der Waals surface area (Å²) in [6, 6.07) is 15.4. The zero-order valence-electron chi connectivity index (χ0n) is 19.6. The number of carbonyl (C=O) groups excluding carboxylic acids is 3. The third-order valence-corrected chi connectivity index (χ3v) is 7.84. The lowest BCUT2D eigenvalue weighted by atomic mass is 9.65. The second kappa shape index (κ2) is 7.68. The summed E-state index contributed by atoms with van der Waals surface area (Å²) in [5.74, 6) is -2.78. The second-order valence-corrected chi connectivity index (χ2v) is 9.37. The Balaban J connectivity index is 1.66. The van der Waals surface area contributed by atoms with Gasteiger partial charge >= 0.3 is 11.9 Å². The number of carbonyl (C=O) groups is 3. The predicted molar refractivity (Wildman–Crippen MR) is 129 cm³/mol. The van der Waals surface area contributed by atoms with Crippen molar-refractivity contribution < 1.29 is 23.9 Å². The molecule has 180 valence electrons. The predicted octanol–water partition coefficient (Wildman–Crippen LogP) is 3.13. The van der Waals surface area contributed by atoms with Crippen molar-refractivity contribution in [1.82, 2.24) is 10.3 Å². The lowest BCUT2D eigenvalue weighted by molar-refractivity contribution is -0.168. The first-order chi connectivity index (χ1) is 17.0. The van der Waals surface area contributed by atoms with Crippen LogP contribution in [0.15, 0.2) is 48.5 Å². The Hall–Kier alpha value is -3.65. The molecule has 2 aliphatic heterocycles. The molecule has 0 saturated carbocycles. The van der Waals surface area contributed by atoms with E-state index >= 15 is 0 Å². The number of rotatable bonds is 4. The van der Waals surface area contributed by atoms with Crippen molar-refractivity contribution in [3.63, 3.8) is 0 Å². The van der Waals surface area contributed by atoms with E-state index in [1.54, 1.807) is 13.8 Å². The van der Waals surface area contributed by atoms with E-state index in [2.05, 4.69) is 21.7 Å². The van der Waals surface area contributed by atoms with Gasteiger partial charge in [0.2, 0.25) is 11.4 Å². The topological polar surface area (TPSA) is 110 Å². The molecule has 1 saturated heterocycles. The van der Waals surface area contributed by atoms with Crippen LogP contribution in [0.2, 0.25) is 0 Å². The highest BCUT2D eigenvalue weighted by Crippen LogP contribution is 2.61. The molecule has 1 aromatic heterocycles. The number of aromatic amines is 1. The minimum absolute atomic E-state index is 0.104. The Labute approximate surface area is 202 Å². The maximum absolute atomic E-state index is 13.9. The van der Waals surface area contributed by atoms with Gasteiger partial charge in [-0.05, 0) is 44.4 Å². The molecule has 3 aromatic rings. The molecule has 1 spiro atoms. The highest BCUT2D eigenvalue weighted by atomic mass is 16.6. The van der Waals surface area contributed by atoms with Gasteiger partial charge in [0.05, 0.1) is 13.2 Å². The minimum atomic E-state index is -1.82. The molecule has 3 heterocycles. The van der Waals surface area contributed by atoms with Gasteiger partial charge in [-0.2, -0.15) is 0 Å². The number of hydrogen-bond acceptors (Lipinski definition) is 6. The molecule has 3 N–H and O–H groups in total. The summed E-state index contributed by atoms with van der Waals surface area (Å²) in [7, 11) is 0. The molecule has 35 heavy (non-hydrogen) atoms. The number of ether oxygens (including phenoxy) is 2. The van der Waals surface area contributed by atoms with Crippen LogP contribution >= 0.6 is 0 Å². The highest BCUT2D eigenvalue weighted by Gasteiger charge is 2.74. The number of fused-ring (bicyclic) bond motifs is 8. The fourth-order valence-electron chi connectivity index (χ4n) is 6.58. The smallest absolute Gasteiger partial charge is 0.338 e. The summed E-state index contributed by atoms with van der Waals surface area (Å²) in [6.07, 6.45) is 1.17. The minimum Gasteiger partial charge on any atom is -0.464 e. The highest BCUT2D eigenvalue weighted by molar-refractivity contribution is 6.12. The monoisotopic (exact) mass is 473 g/mol. The molecule has 3 aliphatic rings. The Morgan fingerprint density at radius 2 is 1.69 bits per heavy atom. The summed E-state index contributed by atoms with van der Waals surface area (Å²) < 4.78 is 10.9. The SMILES string of the molecule is CCOC(=O)C1(C(=O)OCC)N[C@]2(C(=O)Nc3ccccc32)[C@H]2c3[nH]c4ccccc4c3CC[C@H]21. The number of anilines is 1. The lowest BCUT2D eigenvalue weighted by Crippen LogP contribution is -2.63. The number of hydrogen-bond donors (Lipinski definition) is 3. The van der Waals surface area contributed by atoms with Gasteiger partial charge in [0.15, 0.2) is 0 Å². The normalized spacial score (nSPS) is 25.6. The van der Waals surface area contributed by atoms with Crippen molar-refractivity contribution in [2.45, 2.75) is 43.7 Å². The van der Waals surface area contributed by atoms with E-state index < -0.39 is 34.9 Å². The van der Waals surface area contributed by atoms with Crippen LogP contribution in [0.25, 0.3) is 10.9 Å². The molecule has 6 rings (SSSR count). The summed E-state index contributed by atoms with van der Waals surface area (Å²) in [6.45, 7) is 3.61. The molecule has 0 unspecified atom stereocenters. The van der Waals surface area contributed by atoms with Gasteiger partial charge in [-0.15, -0.1) is 0 Å². The van der Waals surface area contributed by atoms with Crippen LogP contribution in [0.3, 0.4) is 0 Å². The molecule has 1 aliphatic carbocycles. The van der Waals surface area contributed by atoms with Crippen LogP contribution in [-0.4, -0.2) is 41.6 Å². The third-order valence-electron chi connectivity index (χ3n) is 7.84. The van der Waals surface area contributed by atoms with Gasteiger partial charge < -0.3 is 19.8 Å². The van der Waals surface area contributed by atoms with Crippen molar-refractivity contribution in [3.05, 3.63) is 65.4 Å². The van der Waals surface area contributed by atoms with E-state index in [1.165, 1.54) is 0 Å². The van der Waals surface area contributed by atoms with Crippen LogP contribution < -0.4 is 10.6 Å². The van der Waals surface area contributed by atoms with E-state index in [0.29, 0.717) is 24.1 Å². The van der Waals surface area contributed by atoms with E-state index in [0.717, 1.165) is 22.2 Å². The van der Waals surface area contributed by atoms with Gasteiger partial charge in [-0.3, -0.25) is 10.1 Å². The largest absolute Gasteiger partial charge is 0.464 e. The van der Waals surface area contributed by atoms with E-state index in [4.69, 9.17) is 9.47 Å². The Morgan fingerprint density at radius 3 is 2.43 bits per heavy atom. The summed E-state index contributed by atoms with van der Waals surface area (Å²) in [5.41, 5.74) is 1.15. The number of esters is 2. The maximum Gasteiger partial charge on any atom is 0.338 e. The second-order valence-electron chi connectivity index (χ2n) is 9.37. The number of para-hydroxylation sites is 2. The summed E-state index contributed by atoms with van der Waals surface area (Å²) in [5, 5.41) is 7.38. The van der Waals surface area contributed by atoms with Gasteiger partial charge in [0, 0.05) is 39.7 Å². The maximum atomic E-state index is 13.9. The molecule has 0 radical (unpaired) electrons. The van der Waals surface area contributed by atoms with Crippen LogP contribution in [0.5, 0.6) is 0 Å². The van der Waals surface area contributed by atoms with Gasteiger partial charge in [-0.25, -0.2) is 9.59 Å². The number of H-pyrrole nitrogens is 1. The first kappa shape index (κ1) is 21.9. The fourth-order valence-corrected chi connectivity index (χ4v) is 6.58. The average molecular weight is 474 g/mol. The fraction of sp³-hybridized carbons (Fsp3) is 0.370. The molecule has 8 heteroatoms. The average Bonchev–Trinajstić information content (AvgIpc) is 3.48. The molecule has 2 aromatic carbocycles. The van der Waals surface area contributed by atoms with Crippen molar-refractivity contribution in [3.8, 4) is 0 Å². The Morgan fingerprint density at radius 1 is 1.00 bits per heavy atom. The lowest BCUT2D eigenvalue weighted by Gasteiger charge is -2.35. The molecule has 1 amide bonds. The van der Waals surface area contributed by atoms with Crippen LogP contribution in [-0.2, 0) is 35.8 Å². The third kappa shape index (κ3) is 2.68. The van der Waals surface area contributed by atoms with Gasteiger partial charge in [0.1, 0.15) is 5.54 Å². The Bertz CT molecular complexity index is 1360. The standard InChI is InChI=1S/C27H27N3O5/c1-3-34-24(32)27(25(33)35-4-2)18-14-13-16-15-9-5-7-11-19(15)28-22(16)21(18)26(30-27)17-10-6-8-12-20(17)29-23(26)31/h5-12,18,21,28,30H,3-4,13-14H2,1-2H3,(H,29,31)/t18-,21-,26+/m1/s1. The number of nitrogens with one attached hydrogen (secondary N) is 3. The molecule has 1 fully saturated rings. The molecule has 3 atom stereocenters. The van der Waals surface area contributed by atoms with Crippen molar-refractivity contribution in [1.29, 1.82) is 0 Å². The number of amides is 1. The molecular weight excluding hydrogens is 446 g/mol. The van der Waals surface area contributed by atoms with Crippen LogP contribution in [0.4, 0.5) is 5.69 Å². The van der Waals surface area contributed by atoms with Crippen LogP contribution in [0, 0.1) is 5.92 Å². The Kier molecular flexibility index (Phi) is 4.79. The van der Waals surface area contributed by atoms with Crippen LogP contribution in [0.1, 0.15) is 43.0 Å². The van der Waals surface area contributed by atoms with Gasteiger partial charge in [-0.1, -0.05) is 36.4 Å². The van der Waals surface area contributed by atoms with Crippen molar-refractivity contribution in [2.24, 2.45) is 5.92 Å². The summed E-state index contributed by atoms with van der Waals surface area (Å²) in [4.78, 5) is 44.7. The number of aryl methyl sites for hydroxylation is 1. The zero-order chi connectivity index (χ0) is 24.4. The van der Waals surface area contributed by atoms with E-state index in [1.807, 2.05) is 42.5 Å². The summed E-state index contributed by atoms with van der Waals surface area (Å²) >= 11 is 0. The van der Waals surface area contributed by atoms with E-state index in [9.17, 15) is 14.4 Å². The number of aromatic nitrogens is 1. The first-order valence-corrected chi connectivity index (χ1v) is 12.1. The molecule has 8 nitrogen and oxygen atoms in total. The quantitative estimate of drug-likeness (QED) is 0.397. The number of benzene rings is 2. The van der Waals surface area contributed by atoms with Crippen molar-refractivity contribution >= 4 is 34.4 Å². The molecular formula is C27H27N3O5. The van der Waals surface area contributed by atoms with Gasteiger partial charge in [0.25, 0.3) is 0 Å². The zero-order valence-corrected chi connectivity index (χ0v) is 19.6. The first-order valence-electron chi connectivity index (χ1n) is 12.1. The molecule has 0 bridgehead atoms. The van der Waals surface area contributed by atoms with Crippen molar-refractivity contribution in [2.75, 3.05) is 18.5 Å².